The molecule has 0 radical (unpaired) electrons. The smallest absolute Gasteiger partial charge is 0.272 e. The second kappa shape index (κ2) is 10.4. The molecule has 3 amide bonds. The Kier molecular flexibility index (Phi) is 7.66. The number of hydrogen-bond donors (Lipinski definition) is 2. The van der Waals surface area contributed by atoms with E-state index in [2.05, 4.69) is 29.6 Å². The lowest BCUT2D eigenvalue weighted by Crippen LogP contribution is -2.45. The van der Waals surface area contributed by atoms with Gasteiger partial charge in [0.2, 0.25) is 5.91 Å². The molecule has 2 aromatic rings. The molecule has 8 nitrogen and oxygen atoms in total. The number of hydrogen-bond acceptors (Lipinski definition) is 4. The van der Waals surface area contributed by atoms with Gasteiger partial charge in [-0.3, -0.25) is 19.1 Å². The number of rotatable bonds is 8. The van der Waals surface area contributed by atoms with E-state index < -0.39 is 11.9 Å². The summed E-state index contributed by atoms with van der Waals surface area (Å²) in [5.41, 5.74) is 2.78. The van der Waals surface area contributed by atoms with Crippen LogP contribution in [0.2, 0.25) is 0 Å². The lowest BCUT2D eigenvalue weighted by molar-refractivity contribution is -0.122. The maximum absolute atomic E-state index is 13.2. The minimum Gasteiger partial charge on any atom is -0.354 e. The first-order chi connectivity index (χ1) is 15.3. The summed E-state index contributed by atoms with van der Waals surface area (Å²) in [4.78, 5) is 39.9. The van der Waals surface area contributed by atoms with Gasteiger partial charge in [0.25, 0.3) is 11.8 Å². The topological polar surface area (TPSA) is 96.3 Å². The third-order valence-electron chi connectivity index (χ3n) is 5.70. The third kappa shape index (κ3) is 5.75. The van der Waals surface area contributed by atoms with Crippen LogP contribution in [0.5, 0.6) is 0 Å². The molecule has 1 aromatic heterocycles. The summed E-state index contributed by atoms with van der Waals surface area (Å²) < 4.78 is 1.60. The quantitative estimate of drug-likeness (QED) is 0.661. The molecule has 8 heteroatoms. The van der Waals surface area contributed by atoms with Gasteiger partial charge >= 0.3 is 0 Å². The second-order valence-corrected chi connectivity index (χ2v) is 8.81. The van der Waals surface area contributed by atoms with Crippen molar-refractivity contribution in [2.24, 2.45) is 5.92 Å². The Hall–Kier alpha value is -3.16. The third-order valence-corrected chi connectivity index (χ3v) is 5.70. The minimum absolute atomic E-state index is 0.142. The molecule has 0 bridgehead atoms. The van der Waals surface area contributed by atoms with Gasteiger partial charge in [-0.05, 0) is 43.7 Å². The van der Waals surface area contributed by atoms with Crippen molar-refractivity contribution >= 4 is 17.7 Å². The van der Waals surface area contributed by atoms with Gasteiger partial charge in [-0.15, -0.1) is 0 Å². The standard InChI is InChI=1S/C24H33N5O3/c1-16(2)10-11-25-22(30)18(4)26-23(31)20-14-21-24(32)28(12-7-13-29(21)27-20)15-19-9-6-5-8-17(19)3/h5-6,8-9,14,16,18H,7,10-13,15H2,1-4H3,(H,25,30)(H,26,31). The zero-order valence-electron chi connectivity index (χ0n) is 19.4. The van der Waals surface area contributed by atoms with E-state index in [0.717, 1.165) is 24.0 Å². The first kappa shape index (κ1) is 23.5. The van der Waals surface area contributed by atoms with Crippen LogP contribution in [0.4, 0.5) is 0 Å². The number of carbonyl (C=O) groups excluding carboxylic acids is 3. The SMILES string of the molecule is Cc1ccccc1CN1CCCn2nc(C(=O)NC(C)C(=O)NCCC(C)C)cc2C1=O. The van der Waals surface area contributed by atoms with Crippen molar-refractivity contribution < 1.29 is 14.4 Å². The maximum Gasteiger partial charge on any atom is 0.272 e. The Morgan fingerprint density at radius 2 is 1.91 bits per heavy atom. The summed E-state index contributed by atoms with van der Waals surface area (Å²) in [6, 6.07) is 8.84. The number of nitrogens with one attached hydrogen (secondary N) is 2. The van der Waals surface area contributed by atoms with Crippen molar-refractivity contribution in [3.63, 3.8) is 0 Å². The summed E-state index contributed by atoms with van der Waals surface area (Å²) in [5, 5.41) is 9.85. The van der Waals surface area contributed by atoms with E-state index in [1.807, 2.05) is 31.2 Å². The highest BCUT2D eigenvalue weighted by molar-refractivity contribution is 5.99. The fraction of sp³-hybridized carbons (Fsp3) is 0.500. The molecule has 0 saturated carbocycles. The summed E-state index contributed by atoms with van der Waals surface area (Å²) in [5.74, 6) is -0.351. The van der Waals surface area contributed by atoms with Crippen LogP contribution in [0.15, 0.2) is 30.3 Å². The van der Waals surface area contributed by atoms with Gasteiger partial charge in [0.15, 0.2) is 5.69 Å². The molecule has 3 rings (SSSR count). The normalized spacial score (nSPS) is 14.7. The molecule has 1 aromatic carbocycles. The predicted octanol–water partition coefficient (Wildman–Crippen LogP) is 2.52. The highest BCUT2D eigenvalue weighted by Crippen LogP contribution is 2.18. The van der Waals surface area contributed by atoms with Crippen LogP contribution < -0.4 is 10.6 Å². The van der Waals surface area contributed by atoms with Gasteiger partial charge in [0.1, 0.15) is 11.7 Å². The van der Waals surface area contributed by atoms with Crippen molar-refractivity contribution in [2.45, 2.75) is 59.7 Å². The van der Waals surface area contributed by atoms with E-state index >= 15 is 0 Å². The first-order valence-corrected chi connectivity index (χ1v) is 11.3. The van der Waals surface area contributed by atoms with Crippen molar-refractivity contribution in [1.29, 1.82) is 0 Å². The fourth-order valence-electron chi connectivity index (χ4n) is 3.66. The molecule has 2 N–H and O–H groups in total. The molecular formula is C24H33N5O3. The zero-order valence-corrected chi connectivity index (χ0v) is 19.4. The highest BCUT2D eigenvalue weighted by Gasteiger charge is 2.27. The van der Waals surface area contributed by atoms with Crippen LogP contribution in [0.3, 0.4) is 0 Å². The van der Waals surface area contributed by atoms with Crippen molar-refractivity contribution in [1.82, 2.24) is 25.3 Å². The number of aryl methyl sites for hydroxylation is 2. The molecule has 1 unspecified atom stereocenters. The van der Waals surface area contributed by atoms with Crippen LogP contribution in [0.1, 0.15) is 65.7 Å². The number of amides is 3. The number of fused-ring (bicyclic) bond motifs is 1. The van der Waals surface area contributed by atoms with Gasteiger partial charge < -0.3 is 15.5 Å². The lowest BCUT2D eigenvalue weighted by atomic mass is 10.1. The van der Waals surface area contributed by atoms with Crippen molar-refractivity contribution in [2.75, 3.05) is 13.1 Å². The highest BCUT2D eigenvalue weighted by atomic mass is 16.2. The molecule has 1 aliphatic rings. The van der Waals surface area contributed by atoms with Crippen LogP contribution >= 0.6 is 0 Å². The minimum atomic E-state index is -0.690. The van der Waals surface area contributed by atoms with Crippen molar-refractivity contribution in [3.05, 3.63) is 52.8 Å². The number of benzene rings is 1. The van der Waals surface area contributed by atoms with E-state index in [0.29, 0.717) is 37.8 Å². The maximum atomic E-state index is 13.2. The molecule has 0 saturated heterocycles. The molecule has 32 heavy (non-hydrogen) atoms. The van der Waals surface area contributed by atoms with E-state index in [4.69, 9.17) is 0 Å². The Morgan fingerprint density at radius 1 is 1.16 bits per heavy atom. The number of nitrogens with zero attached hydrogens (tertiary/aromatic N) is 3. The largest absolute Gasteiger partial charge is 0.354 e. The summed E-state index contributed by atoms with van der Waals surface area (Å²) in [6.07, 6.45) is 1.63. The first-order valence-electron chi connectivity index (χ1n) is 11.3. The zero-order chi connectivity index (χ0) is 23.3. The Bertz CT molecular complexity index is 982. The molecule has 0 spiro atoms. The molecule has 172 valence electrons. The molecule has 0 aliphatic carbocycles. The van der Waals surface area contributed by atoms with Crippen molar-refractivity contribution in [3.8, 4) is 0 Å². The summed E-state index contributed by atoms with van der Waals surface area (Å²) in [6.45, 7) is 10.1. The molecule has 1 atom stereocenters. The van der Waals surface area contributed by atoms with Gasteiger partial charge in [0, 0.05) is 32.2 Å². The van der Waals surface area contributed by atoms with Crippen LogP contribution in [0, 0.1) is 12.8 Å². The van der Waals surface area contributed by atoms with E-state index in [-0.39, 0.29) is 17.5 Å². The van der Waals surface area contributed by atoms with Gasteiger partial charge in [-0.25, -0.2) is 0 Å². The Morgan fingerprint density at radius 3 is 2.62 bits per heavy atom. The Balaban J connectivity index is 1.66. The molecule has 0 fully saturated rings. The lowest BCUT2D eigenvalue weighted by Gasteiger charge is -2.21. The van der Waals surface area contributed by atoms with Gasteiger partial charge in [-0.2, -0.15) is 5.10 Å². The summed E-state index contributed by atoms with van der Waals surface area (Å²) >= 11 is 0. The fourth-order valence-corrected chi connectivity index (χ4v) is 3.66. The van der Waals surface area contributed by atoms with E-state index in [1.54, 1.807) is 16.5 Å². The predicted molar refractivity (Wildman–Crippen MR) is 122 cm³/mol. The molecular weight excluding hydrogens is 406 g/mol. The molecule has 1 aliphatic heterocycles. The van der Waals surface area contributed by atoms with Crippen LogP contribution in [0.25, 0.3) is 0 Å². The summed E-state index contributed by atoms with van der Waals surface area (Å²) in [7, 11) is 0. The van der Waals surface area contributed by atoms with E-state index in [1.165, 1.54) is 6.07 Å². The number of carbonyl (C=O) groups is 3. The number of aromatic nitrogens is 2. The average molecular weight is 440 g/mol. The second-order valence-electron chi connectivity index (χ2n) is 8.81. The van der Waals surface area contributed by atoms with E-state index in [9.17, 15) is 14.4 Å². The van der Waals surface area contributed by atoms with Gasteiger partial charge in [-0.1, -0.05) is 38.1 Å². The Labute approximate surface area is 189 Å². The van der Waals surface area contributed by atoms with Crippen LogP contribution in [-0.2, 0) is 17.9 Å². The molecule has 2 heterocycles. The average Bonchev–Trinajstić information content (AvgIpc) is 3.12. The van der Waals surface area contributed by atoms with Crippen LogP contribution in [-0.4, -0.2) is 51.5 Å². The van der Waals surface area contributed by atoms with Gasteiger partial charge in [0.05, 0.1) is 0 Å². The monoisotopic (exact) mass is 439 g/mol.